The van der Waals surface area contributed by atoms with E-state index in [9.17, 15) is 23.5 Å². The smallest absolute Gasteiger partial charge is 0.416 e. The molecule has 0 radical (unpaired) electrons. The molecular weight excluding hydrogens is 476 g/mol. The normalized spacial score (nSPS) is 11.7. The van der Waals surface area contributed by atoms with E-state index in [2.05, 4.69) is 22.7 Å². The van der Waals surface area contributed by atoms with E-state index >= 15 is 0 Å². The van der Waals surface area contributed by atoms with E-state index in [4.69, 9.17) is 27.9 Å². The Kier molecular flexibility index (Phi) is 6.40. The molecule has 0 aliphatic rings. The molecule has 0 aliphatic carbocycles. The van der Waals surface area contributed by atoms with Crippen molar-refractivity contribution in [3.05, 3.63) is 57.2 Å². The standard InChI is InChI=1S/C19H11Cl2F3N4O2S/c1-30-15-4-9(2-3-14(15)29)8-26-18-17(31)13(7-25)27-28(18)16-11(20)5-10(6-12(16)21)19(22,23)24/h2-6,8,29,31H,1H3. The Morgan fingerprint density at radius 3 is 2.45 bits per heavy atom. The highest BCUT2D eigenvalue weighted by molar-refractivity contribution is 7.80. The summed E-state index contributed by atoms with van der Waals surface area (Å²) in [7, 11) is 1.38. The molecule has 0 unspecified atom stereocenters. The fraction of sp³-hybridized carbons (Fsp3) is 0.105. The van der Waals surface area contributed by atoms with Crippen molar-refractivity contribution in [2.45, 2.75) is 11.1 Å². The zero-order valence-corrected chi connectivity index (χ0v) is 17.9. The lowest BCUT2D eigenvalue weighted by Gasteiger charge is -2.13. The summed E-state index contributed by atoms with van der Waals surface area (Å²) in [6.07, 6.45) is -3.29. The number of nitrogens with zero attached hydrogens (tertiary/aromatic N) is 4. The number of hydrogen-bond donors (Lipinski definition) is 2. The van der Waals surface area contributed by atoms with Gasteiger partial charge >= 0.3 is 6.18 Å². The van der Waals surface area contributed by atoms with Crippen LogP contribution >= 0.6 is 35.8 Å². The second-order valence-electron chi connectivity index (χ2n) is 6.02. The van der Waals surface area contributed by atoms with Crippen molar-refractivity contribution >= 4 is 47.9 Å². The fourth-order valence-electron chi connectivity index (χ4n) is 2.59. The van der Waals surface area contributed by atoms with Gasteiger partial charge in [0.25, 0.3) is 0 Å². The molecule has 1 heterocycles. The number of phenolic OH excluding ortho intramolecular Hbond substituents is 1. The molecule has 0 spiro atoms. The summed E-state index contributed by atoms with van der Waals surface area (Å²) in [6.45, 7) is 0. The fourth-order valence-corrected chi connectivity index (χ4v) is 3.48. The monoisotopic (exact) mass is 486 g/mol. The SMILES string of the molecule is COc1cc(C=Nc2c(S)c(C#N)nn2-c2c(Cl)cc(C(F)(F)F)cc2Cl)ccc1O. The number of aromatic nitrogens is 2. The molecular formula is C19H11Cl2F3N4O2S. The molecule has 0 fully saturated rings. The van der Waals surface area contributed by atoms with Crippen LogP contribution in [0.15, 0.2) is 40.2 Å². The summed E-state index contributed by atoms with van der Waals surface area (Å²) in [5.41, 5.74) is -0.751. The Hall–Kier alpha value is -2.87. The number of methoxy groups -OCH3 is 1. The van der Waals surface area contributed by atoms with E-state index in [0.717, 1.165) is 4.68 Å². The minimum atomic E-state index is -4.65. The number of nitriles is 1. The van der Waals surface area contributed by atoms with Crippen molar-refractivity contribution in [3.63, 3.8) is 0 Å². The van der Waals surface area contributed by atoms with Crippen LogP contribution in [0.2, 0.25) is 10.0 Å². The highest BCUT2D eigenvalue weighted by Crippen LogP contribution is 2.40. The molecule has 3 aromatic rings. The molecule has 0 saturated heterocycles. The maximum Gasteiger partial charge on any atom is 0.416 e. The number of alkyl halides is 3. The van der Waals surface area contributed by atoms with E-state index in [1.54, 1.807) is 6.07 Å². The Labute approximate surface area is 189 Å². The average molecular weight is 487 g/mol. The second-order valence-corrected chi connectivity index (χ2v) is 7.28. The summed E-state index contributed by atoms with van der Waals surface area (Å²) in [6, 6.07) is 7.66. The molecule has 1 aromatic heterocycles. The van der Waals surface area contributed by atoms with Gasteiger partial charge in [-0.05, 0) is 35.9 Å². The summed E-state index contributed by atoms with van der Waals surface area (Å²) < 4.78 is 45.2. The van der Waals surface area contributed by atoms with Crippen LogP contribution in [0.4, 0.5) is 19.0 Å². The van der Waals surface area contributed by atoms with Crippen molar-refractivity contribution < 1.29 is 23.0 Å². The molecule has 0 atom stereocenters. The molecule has 31 heavy (non-hydrogen) atoms. The lowest BCUT2D eigenvalue weighted by Crippen LogP contribution is -2.07. The van der Waals surface area contributed by atoms with Crippen LogP contribution < -0.4 is 4.74 Å². The van der Waals surface area contributed by atoms with Gasteiger partial charge in [-0.3, -0.25) is 0 Å². The number of benzene rings is 2. The number of aromatic hydroxyl groups is 1. The molecule has 0 bridgehead atoms. The number of phenols is 1. The van der Waals surface area contributed by atoms with Gasteiger partial charge in [0.15, 0.2) is 23.0 Å². The number of ether oxygens (including phenoxy) is 1. The molecule has 1 N–H and O–H groups in total. The van der Waals surface area contributed by atoms with Crippen LogP contribution in [0.25, 0.3) is 5.69 Å². The Bertz CT molecular complexity index is 1210. The maximum atomic E-state index is 13.0. The molecule has 160 valence electrons. The van der Waals surface area contributed by atoms with E-state index in [0.29, 0.717) is 17.7 Å². The van der Waals surface area contributed by atoms with Crippen LogP contribution in [0.1, 0.15) is 16.8 Å². The summed E-state index contributed by atoms with van der Waals surface area (Å²) in [4.78, 5) is 4.32. The lowest BCUT2D eigenvalue weighted by molar-refractivity contribution is -0.137. The Balaban J connectivity index is 2.15. The predicted octanol–water partition coefficient (Wildman–Crippen LogP) is 5.82. The van der Waals surface area contributed by atoms with E-state index in [-0.39, 0.29) is 43.6 Å². The topological polar surface area (TPSA) is 83.4 Å². The van der Waals surface area contributed by atoms with Crippen molar-refractivity contribution in [2.24, 2.45) is 4.99 Å². The summed E-state index contributed by atoms with van der Waals surface area (Å²) in [5.74, 6) is 0.139. The number of halogens is 5. The average Bonchev–Trinajstić information content (AvgIpc) is 3.01. The third-order valence-electron chi connectivity index (χ3n) is 4.04. The van der Waals surface area contributed by atoms with Crippen molar-refractivity contribution in [2.75, 3.05) is 7.11 Å². The number of aliphatic imine (C=N–C) groups is 1. The van der Waals surface area contributed by atoms with Crippen LogP contribution in [-0.4, -0.2) is 28.2 Å². The first-order chi connectivity index (χ1) is 14.6. The Morgan fingerprint density at radius 2 is 1.90 bits per heavy atom. The van der Waals surface area contributed by atoms with Crippen molar-refractivity contribution in [1.29, 1.82) is 5.26 Å². The molecule has 0 saturated carbocycles. The predicted molar refractivity (Wildman–Crippen MR) is 112 cm³/mol. The van der Waals surface area contributed by atoms with E-state index in [1.165, 1.54) is 25.5 Å². The van der Waals surface area contributed by atoms with Crippen LogP contribution in [-0.2, 0) is 6.18 Å². The van der Waals surface area contributed by atoms with Gasteiger partial charge in [0.1, 0.15) is 11.8 Å². The summed E-state index contributed by atoms with van der Waals surface area (Å²) >= 11 is 16.4. The third kappa shape index (κ3) is 4.58. The van der Waals surface area contributed by atoms with Crippen LogP contribution in [0.5, 0.6) is 11.5 Å². The van der Waals surface area contributed by atoms with Gasteiger partial charge in [-0.15, -0.1) is 12.6 Å². The molecule has 6 nitrogen and oxygen atoms in total. The zero-order chi connectivity index (χ0) is 22.9. The van der Waals surface area contributed by atoms with E-state index in [1.807, 2.05) is 6.07 Å². The van der Waals surface area contributed by atoms with E-state index < -0.39 is 11.7 Å². The first kappa shape index (κ1) is 22.8. The highest BCUT2D eigenvalue weighted by atomic mass is 35.5. The minimum Gasteiger partial charge on any atom is -0.504 e. The van der Waals surface area contributed by atoms with Gasteiger partial charge in [0.2, 0.25) is 0 Å². The first-order valence-corrected chi connectivity index (χ1v) is 9.47. The van der Waals surface area contributed by atoms with Gasteiger partial charge in [-0.25, -0.2) is 9.67 Å². The van der Waals surface area contributed by atoms with Crippen LogP contribution in [0, 0.1) is 11.3 Å². The molecule has 3 rings (SSSR count). The van der Waals surface area contributed by atoms with Gasteiger partial charge in [-0.2, -0.15) is 23.5 Å². The quantitative estimate of drug-likeness (QED) is 0.359. The third-order valence-corrected chi connectivity index (χ3v) is 5.03. The van der Waals surface area contributed by atoms with Crippen LogP contribution in [0.3, 0.4) is 0 Å². The number of rotatable bonds is 4. The second kappa shape index (κ2) is 8.70. The van der Waals surface area contributed by atoms with Crippen molar-refractivity contribution in [3.8, 4) is 23.3 Å². The number of hydrogen-bond acceptors (Lipinski definition) is 6. The molecule has 2 aromatic carbocycles. The van der Waals surface area contributed by atoms with Gasteiger partial charge in [0.05, 0.1) is 27.6 Å². The van der Waals surface area contributed by atoms with Gasteiger partial charge in [0, 0.05) is 6.21 Å². The highest BCUT2D eigenvalue weighted by Gasteiger charge is 2.33. The minimum absolute atomic E-state index is 0.00971. The Morgan fingerprint density at radius 1 is 1.26 bits per heavy atom. The zero-order valence-electron chi connectivity index (χ0n) is 15.4. The van der Waals surface area contributed by atoms with Crippen molar-refractivity contribution in [1.82, 2.24) is 9.78 Å². The maximum absolute atomic E-state index is 13.0. The molecule has 0 aliphatic heterocycles. The van der Waals surface area contributed by atoms with Gasteiger partial charge in [-0.1, -0.05) is 23.2 Å². The lowest BCUT2D eigenvalue weighted by atomic mass is 10.2. The molecule has 0 amide bonds. The number of thiol groups is 1. The van der Waals surface area contributed by atoms with Gasteiger partial charge < -0.3 is 9.84 Å². The largest absolute Gasteiger partial charge is 0.504 e. The summed E-state index contributed by atoms with van der Waals surface area (Å²) in [5, 5.41) is 22.3. The molecule has 12 heteroatoms. The first-order valence-electron chi connectivity index (χ1n) is 8.26.